The molecule has 1 atom stereocenters. The van der Waals surface area contributed by atoms with Crippen LogP contribution >= 0.6 is 23.2 Å². The summed E-state index contributed by atoms with van der Waals surface area (Å²) in [5, 5.41) is 3.96. The summed E-state index contributed by atoms with van der Waals surface area (Å²) in [6, 6.07) is 10.3. The van der Waals surface area contributed by atoms with Gasteiger partial charge >= 0.3 is 0 Å². The number of rotatable bonds is 8. The van der Waals surface area contributed by atoms with E-state index in [0.29, 0.717) is 23.1 Å². The van der Waals surface area contributed by atoms with E-state index in [1.807, 2.05) is 25.1 Å². The summed E-state index contributed by atoms with van der Waals surface area (Å²) in [5.74, 6) is -0.650. The fourth-order valence-corrected chi connectivity index (χ4v) is 5.64. The molecule has 2 aromatic carbocycles. The zero-order valence-corrected chi connectivity index (χ0v) is 20.4. The van der Waals surface area contributed by atoms with Crippen LogP contribution in [0.2, 0.25) is 10.0 Å². The van der Waals surface area contributed by atoms with Gasteiger partial charge in [-0.3, -0.25) is 4.79 Å². The minimum atomic E-state index is -0.434. The minimum Gasteiger partial charge on any atom is -0.383 e. The number of nitrogens with one attached hydrogen (secondary N) is 1. The first-order valence-corrected chi connectivity index (χ1v) is 11.7. The van der Waals surface area contributed by atoms with Crippen molar-refractivity contribution in [1.82, 2.24) is 10.2 Å². The summed E-state index contributed by atoms with van der Waals surface area (Å²) in [6.45, 7) is 5.12. The van der Waals surface area contributed by atoms with Crippen LogP contribution in [0, 0.1) is 18.7 Å². The average molecular weight is 481 g/mol. The molecule has 1 N–H and O–H groups in total. The number of piperidine rings is 1. The van der Waals surface area contributed by atoms with E-state index in [1.54, 1.807) is 26.3 Å². The third-order valence-corrected chi connectivity index (χ3v) is 7.11. The van der Waals surface area contributed by atoms with E-state index in [9.17, 15) is 9.18 Å². The Kier molecular flexibility index (Phi) is 8.56. The van der Waals surface area contributed by atoms with Crippen LogP contribution in [-0.4, -0.2) is 51.2 Å². The monoisotopic (exact) mass is 480 g/mol. The fraction of sp³-hybridized carbons (Fsp3) is 0.480. The van der Waals surface area contributed by atoms with Gasteiger partial charge in [-0.25, -0.2) is 4.39 Å². The van der Waals surface area contributed by atoms with Crippen LogP contribution in [0.3, 0.4) is 0 Å². The topological polar surface area (TPSA) is 41.6 Å². The van der Waals surface area contributed by atoms with Gasteiger partial charge in [-0.2, -0.15) is 0 Å². The fourth-order valence-electron chi connectivity index (χ4n) is 5.07. The lowest BCUT2D eigenvalue weighted by molar-refractivity contribution is -0.127. The Morgan fingerprint density at radius 2 is 1.84 bits per heavy atom. The van der Waals surface area contributed by atoms with Crippen LogP contribution in [0.4, 0.5) is 4.39 Å². The Hall–Kier alpha value is -1.66. The molecule has 1 fully saturated rings. The first-order valence-electron chi connectivity index (χ1n) is 10.9. The number of hydrogen-bond acceptors (Lipinski definition) is 3. The number of benzene rings is 2. The van der Waals surface area contributed by atoms with Gasteiger partial charge in [0.25, 0.3) is 0 Å². The number of carbonyl (C=O) groups is 1. The summed E-state index contributed by atoms with van der Waals surface area (Å²) < 4.78 is 19.2. The van der Waals surface area contributed by atoms with Gasteiger partial charge in [-0.1, -0.05) is 29.3 Å². The molecule has 3 rings (SSSR count). The Morgan fingerprint density at radius 1 is 1.19 bits per heavy atom. The summed E-state index contributed by atoms with van der Waals surface area (Å²) in [7, 11) is 3.37. The van der Waals surface area contributed by atoms with Gasteiger partial charge in [-0.15, -0.1) is 0 Å². The minimum absolute atomic E-state index is 0.0323. The number of likely N-dealkylation sites (tertiary alicyclic amines) is 1. The molecule has 1 saturated heterocycles. The van der Waals surface area contributed by atoms with Gasteiger partial charge < -0.3 is 15.0 Å². The van der Waals surface area contributed by atoms with Crippen LogP contribution in [0.25, 0.3) is 0 Å². The third-order valence-electron chi connectivity index (χ3n) is 6.68. The van der Waals surface area contributed by atoms with E-state index < -0.39 is 5.41 Å². The van der Waals surface area contributed by atoms with Gasteiger partial charge in [-0.05, 0) is 86.3 Å². The van der Waals surface area contributed by atoms with Crippen molar-refractivity contribution >= 4 is 29.1 Å². The lowest BCUT2D eigenvalue weighted by atomic mass is 9.61. The summed E-state index contributed by atoms with van der Waals surface area (Å²) in [5.41, 5.74) is 2.38. The summed E-state index contributed by atoms with van der Waals surface area (Å²) >= 11 is 12.5. The Morgan fingerprint density at radius 3 is 2.41 bits per heavy atom. The number of nitrogens with zero attached hydrogens (tertiary/aromatic N) is 1. The van der Waals surface area contributed by atoms with Crippen LogP contribution in [0.1, 0.15) is 29.5 Å². The Labute approximate surface area is 200 Å². The van der Waals surface area contributed by atoms with E-state index >= 15 is 0 Å². The van der Waals surface area contributed by atoms with E-state index in [2.05, 4.69) is 10.2 Å². The van der Waals surface area contributed by atoms with Crippen molar-refractivity contribution in [2.24, 2.45) is 5.92 Å². The lowest BCUT2D eigenvalue weighted by Crippen LogP contribution is -2.52. The molecule has 1 aliphatic heterocycles. The van der Waals surface area contributed by atoms with Crippen LogP contribution in [-0.2, 0) is 21.4 Å². The van der Waals surface area contributed by atoms with Crippen molar-refractivity contribution in [2.75, 3.05) is 40.4 Å². The van der Waals surface area contributed by atoms with Crippen molar-refractivity contribution in [3.8, 4) is 0 Å². The van der Waals surface area contributed by atoms with Gasteiger partial charge in [0, 0.05) is 36.2 Å². The van der Waals surface area contributed by atoms with Gasteiger partial charge in [0.1, 0.15) is 5.82 Å². The number of carbonyl (C=O) groups excluding carboxylic acids is 1. The molecule has 0 spiro atoms. The number of aryl methyl sites for hydroxylation is 1. The number of hydrogen-bond donors (Lipinski definition) is 1. The molecule has 4 nitrogen and oxygen atoms in total. The molecule has 1 unspecified atom stereocenters. The predicted octanol–water partition coefficient (Wildman–Crippen LogP) is 5.03. The van der Waals surface area contributed by atoms with Crippen LogP contribution < -0.4 is 5.32 Å². The molecule has 32 heavy (non-hydrogen) atoms. The van der Waals surface area contributed by atoms with Crippen molar-refractivity contribution in [1.29, 1.82) is 0 Å². The van der Waals surface area contributed by atoms with Gasteiger partial charge in [0.2, 0.25) is 5.91 Å². The second-order valence-electron chi connectivity index (χ2n) is 8.60. The van der Waals surface area contributed by atoms with E-state index in [0.717, 1.165) is 49.2 Å². The van der Waals surface area contributed by atoms with Crippen LogP contribution in [0.15, 0.2) is 36.4 Å². The Balaban J connectivity index is 2.05. The maximum absolute atomic E-state index is 14.0. The van der Waals surface area contributed by atoms with E-state index in [-0.39, 0.29) is 17.6 Å². The van der Waals surface area contributed by atoms with Gasteiger partial charge in [0.05, 0.1) is 12.5 Å². The highest BCUT2D eigenvalue weighted by Gasteiger charge is 2.46. The molecule has 0 saturated carbocycles. The second-order valence-corrected chi connectivity index (χ2v) is 9.47. The maximum Gasteiger partial charge on any atom is 0.224 e. The number of amides is 1. The molecule has 7 heteroatoms. The predicted molar refractivity (Wildman–Crippen MR) is 128 cm³/mol. The normalized spacial score (nSPS) is 17.2. The first kappa shape index (κ1) is 25.0. The molecule has 1 amide bonds. The molecular weight excluding hydrogens is 450 g/mol. The molecule has 0 bridgehead atoms. The SMILES string of the molecule is CNC(=O)C(Cc1cc(Cl)cc(Cl)c1)C1(c2ccc(F)cc2C)CCN(CCOC)CC1. The zero-order chi connectivity index (χ0) is 23.3. The van der Waals surface area contributed by atoms with Crippen molar-refractivity contribution in [3.05, 3.63) is 69.0 Å². The summed E-state index contributed by atoms with van der Waals surface area (Å²) in [6.07, 6.45) is 2.07. The highest BCUT2D eigenvalue weighted by atomic mass is 35.5. The van der Waals surface area contributed by atoms with Gasteiger partial charge in [0.15, 0.2) is 0 Å². The maximum atomic E-state index is 14.0. The van der Waals surface area contributed by atoms with Crippen LogP contribution in [0.5, 0.6) is 0 Å². The smallest absolute Gasteiger partial charge is 0.224 e. The zero-order valence-electron chi connectivity index (χ0n) is 18.9. The largest absolute Gasteiger partial charge is 0.383 e. The van der Waals surface area contributed by atoms with Crippen molar-refractivity contribution < 1.29 is 13.9 Å². The molecular formula is C25H31Cl2FN2O2. The molecule has 174 valence electrons. The molecule has 0 aliphatic carbocycles. The molecule has 0 radical (unpaired) electrons. The number of ether oxygens (including phenoxy) is 1. The first-order chi connectivity index (χ1) is 15.3. The molecule has 2 aromatic rings. The standard InChI is InChI=1S/C25H31Cl2FN2O2/c1-17-12-21(28)4-5-22(17)25(6-8-30(9-7-25)10-11-32-3)23(24(31)29-2)15-18-13-19(26)16-20(27)14-18/h4-5,12-14,16,23H,6-11,15H2,1-3H3,(H,29,31). The second kappa shape index (κ2) is 11.0. The van der Waals surface area contributed by atoms with Crippen molar-refractivity contribution in [2.45, 2.75) is 31.6 Å². The Bertz CT molecular complexity index is 925. The molecule has 1 heterocycles. The molecule has 0 aromatic heterocycles. The van der Waals surface area contributed by atoms with E-state index in [1.165, 1.54) is 6.07 Å². The third kappa shape index (κ3) is 5.63. The highest BCUT2D eigenvalue weighted by Crippen LogP contribution is 2.45. The quantitative estimate of drug-likeness (QED) is 0.576. The molecule has 1 aliphatic rings. The number of halogens is 3. The highest BCUT2D eigenvalue weighted by molar-refractivity contribution is 6.34. The lowest BCUT2D eigenvalue weighted by Gasteiger charge is -2.47. The van der Waals surface area contributed by atoms with E-state index in [4.69, 9.17) is 27.9 Å². The average Bonchev–Trinajstić information content (AvgIpc) is 2.75. The number of methoxy groups -OCH3 is 1. The summed E-state index contributed by atoms with van der Waals surface area (Å²) in [4.78, 5) is 15.7. The van der Waals surface area contributed by atoms with Crippen molar-refractivity contribution in [3.63, 3.8) is 0 Å².